The van der Waals surface area contributed by atoms with Crippen molar-refractivity contribution in [3.8, 4) is 0 Å². The van der Waals surface area contributed by atoms with E-state index in [9.17, 15) is 21.6 Å². The molecule has 0 fully saturated rings. The predicted octanol–water partition coefficient (Wildman–Crippen LogP) is 6.49. The van der Waals surface area contributed by atoms with Gasteiger partial charge in [-0.1, -0.05) is 78.9 Å². The van der Waals surface area contributed by atoms with E-state index in [1.165, 1.54) is 18.2 Å². The summed E-state index contributed by atoms with van der Waals surface area (Å²) in [5.74, 6) is 0. The van der Waals surface area contributed by atoms with Gasteiger partial charge in [0.05, 0.1) is 11.3 Å². The zero-order chi connectivity index (χ0) is 26.5. The molecule has 37 heavy (non-hydrogen) atoms. The maximum atomic E-state index is 13.7. The Kier molecular flexibility index (Phi) is 7.61. The third kappa shape index (κ3) is 6.53. The molecule has 1 heterocycles. The van der Waals surface area contributed by atoms with Crippen LogP contribution in [0, 0.1) is 6.92 Å². The summed E-state index contributed by atoms with van der Waals surface area (Å²) in [4.78, 5) is 4.49. The summed E-state index contributed by atoms with van der Waals surface area (Å²) >= 11 is 0. The molecule has 0 spiro atoms. The number of nitrogens with one attached hydrogen (secondary N) is 1. The Morgan fingerprint density at radius 1 is 0.838 bits per heavy atom. The lowest BCUT2D eigenvalue weighted by molar-refractivity contribution is -0.137. The minimum Gasteiger partial charge on any atom is -0.259 e. The van der Waals surface area contributed by atoms with E-state index < -0.39 is 27.3 Å². The maximum Gasteiger partial charge on any atom is 0.416 e. The van der Waals surface area contributed by atoms with Crippen molar-refractivity contribution in [2.45, 2.75) is 25.1 Å². The number of benzene rings is 3. The number of rotatable bonds is 8. The Morgan fingerprint density at radius 2 is 1.49 bits per heavy atom. The van der Waals surface area contributed by atoms with E-state index in [-0.39, 0.29) is 17.7 Å². The minimum absolute atomic E-state index is 0.0314. The number of alkyl halides is 3. The molecule has 1 unspecified atom stereocenters. The van der Waals surface area contributed by atoms with Gasteiger partial charge in [-0.15, -0.1) is 0 Å². The van der Waals surface area contributed by atoms with Crippen LogP contribution in [-0.2, 0) is 28.2 Å². The number of hydrogen-bond donors (Lipinski definition) is 1. The molecule has 190 valence electrons. The van der Waals surface area contributed by atoms with Crippen molar-refractivity contribution in [1.82, 2.24) is 9.71 Å². The average molecular weight is 523 g/mol. The van der Waals surface area contributed by atoms with E-state index in [1.54, 1.807) is 66.9 Å². The normalized spacial score (nSPS) is 13.9. The van der Waals surface area contributed by atoms with Crippen LogP contribution in [-0.4, -0.2) is 13.4 Å². The lowest BCUT2D eigenvalue weighted by atomic mass is 9.81. The Hall–Kier alpha value is -3.75. The molecule has 1 N–H and O–H groups in total. The molecule has 4 nitrogen and oxygen atoms in total. The first kappa shape index (κ1) is 26.3. The van der Waals surface area contributed by atoms with Crippen molar-refractivity contribution in [3.63, 3.8) is 0 Å². The summed E-state index contributed by atoms with van der Waals surface area (Å²) < 4.78 is 70.8. The molecule has 0 aliphatic heterocycles. The first-order valence-electron chi connectivity index (χ1n) is 11.5. The number of pyridine rings is 1. The van der Waals surface area contributed by atoms with Gasteiger partial charge in [0.15, 0.2) is 0 Å². The molecule has 0 radical (unpaired) electrons. The van der Waals surface area contributed by atoms with E-state index in [1.807, 2.05) is 19.1 Å². The van der Waals surface area contributed by atoms with Gasteiger partial charge in [0.25, 0.3) is 0 Å². The first-order valence-corrected chi connectivity index (χ1v) is 13.0. The maximum absolute atomic E-state index is 13.7. The SMILES string of the molecule is Cc1ccc(C(Cc2ccccc2)(NS(=O)(=O)/C=C/c2ccccc2)c2cccc(C(F)(F)F)c2)nc1. The second-order valence-corrected chi connectivity index (χ2v) is 10.3. The molecule has 0 amide bonds. The highest BCUT2D eigenvalue weighted by atomic mass is 32.2. The van der Waals surface area contributed by atoms with Crippen LogP contribution in [0.3, 0.4) is 0 Å². The van der Waals surface area contributed by atoms with Crippen LogP contribution in [0.4, 0.5) is 13.2 Å². The van der Waals surface area contributed by atoms with Crippen LogP contribution in [0.1, 0.15) is 33.5 Å². The van der Waals surface area contributed by atoms with Crippen LogP contribution in [0.15, 0.2) is 109 Å². The van der Waals surface area contributed by atoms with Gasteiger partial charge in [0.1, 0.15) is 5.54 Å². The van der Waals surface area contributed by atoms with E-state index >= 15 is 0 Å². The largest absolute Gasteiger partial charge is 0.416 e. The summed E-state index contributed by atoms with van der Waals surface area (Å²) in [6.07, 6.45) is -1.58. The fraction of sp³-hybridized carbons (Fsp3) is 0.138. The van der Waals surface area contributed by atoms with Crippen molar-refractivity contribution in [1.29, 1.82) is 0 Å². The standard InChI is InChI=1S/C29H25F3N2O2S/c1-22-15-16-27(33-21-22)28(20-24-11-6-3-7-12-24,25-13-8-14-26(19-25)29(30,31)32)34-37(35,36)18-17-23-9-4-2-5-10-23/h2-19,21,34H,20H2,1H3/b18-17+. The molecule has 4 rings (SSSR count). The zero-order valence-corrected chi connectivity index (χ0v) is 20.8. The minimum atomic E-state index is -4.61. The Labute approximate surface area is 214 Å². The topological polar surface area (TPSA) is 59.1 Å². The van der Waals surface area contributed by atoms with Gasteiger partial charge in [-0.3, -0.25) is 4.98 Å². The summed E-state index contributed by atoms with van der Waals surface area (Å²) in [7, 11) is -4.16. The van der Waals surface area contributed by atoms with Crippen LogP contribution < -0.4 is 4.72 Å². The van der Waals surface area contributed by atoms with Crippen molar-refractivity contribution in [2.75, 3.05) is 0 Å². The van der Waals surface area contributed by atoms with Gasteiger partial charge in [0.2, 0.25) is 10.0 Å². The van der Waals surface area contributed by atoms with E-state index in [0.29, 0.717) is 5.56 Å². The average Bonchev–Trinajstić information content (AvgIpc) is 2.88. The molecule has 0 aliphatic carbocycles. The highest BCUT2D eigenvalue weighted by Crippen LogP contribution is 2.37. The summed E-state index contributed by atoms with van der Waals surface area (Å²) in [6.45, 7) is 1.83. The zero-order valence-electron chi connectivity index (χ0n) is 20.0. The third-order valence-corrected chi connectivity index (χ3v) is 7.03. The van der Waals surface area contributed by atoms with Crippen molar-refractivity contribution in [2.24, 2.45) is 0 Å². The smallest absolute Gasteiger partial charge is 0.259 e. The number of sulfonamides is 1. The van der Waals surface area contributed by atoms with Gasteiger partial charge < -0.3 is 0 Å². The Balaban J connectivity index is 1.92. The van der Waals surface area contributed by atoms with Gasteiger partial charge in [0, 0.05) is 18.0 Å². The number of nitrogens with zero attached hydrogens (tertiary/aromatic N) is 1. The second kappa shape index (κ2) is 10.7. The molecule has 1 atom stereocenters. The quantitative estimate of drug-likeness (QED) is 0.288. The van der Waals surface area contributed by atoms with Crippen molar-refractivity contribution in [3.05, 3.63) is 142 Å². The molecule has 0 aliphatic rings. The number of halogens is 3. The monoisotopic (exact) mass is 522 g/mol. The van der Waals surface area contributed by atoms with E-state index in [2.05, 4.69) is 9.71 Å². The molecular weight excluding hydrogens is 497 g/mol. The highest BCUT2D eigenvalue weighted by Gasteiger charge is 2.41. The van der Waals surface area contributed by atoms with Crippen LogP contribution in [0.2, 0.25) is 0 Å². The molecule has 8 heteroatoms. The molecular formula is C29H25F3N2O2S. The fourth-order valence-electron chi connectivity index (χ4n) is 4.08. The Morgan fingerprint density at radius 3 is 2.11 bits per heavy atom. The van der Waals surface area contributed by atoms with Crippen LogP contribution in [0.25, 0.3) is 6.08 Å². The predicted molar refractivity (Wildman–Crippen MR) is 139 cm³/mol. The second-order valence-electron chi connectivity index (χ2n) is 8.73. The molecule has 3 aromatic carbocycles. The summed E-state index contributed by atoms with van der Waals surface area (Å²) in [5.41, 5.74) is 0.0981. The Bertz CT molecular complexity index is 1470. The van der Waals surface area contributed by atoms with Crippen molar-refractivity contribution >= 4 is 16.1 Å². The van der Waals surface area contributed by atoms with E-state index in [0.717, 1.165) is 28.7 Å². The van der Waals surface area contributed by atoms with Gasteiger partial charge in [-0.05, 0) is 53.5 Å². The van der Waals surface area contributed by atoms with Crippen molar-refractivity contribution < 1.29 is 21.6 Å². The summed E-state index contributed by atoms with van der Waals surface area (Å²) in [5, 5.41) is 1.02. The third-order valence-electron chi connectivity index (χ3n) is 5.90. The van der Waals surface area contributed by atoms with Gasteiger partial charge >= 0.3 is 6.18 Å². The number of aromatic nitrogens is 1. The molecule has 0 bridgehead atoms. The lowest BCUT2D eigenvalue weighted by Crippen LogP contribution is -2.48. The number of aryl methyl sites for hydroxylation is 1. The first-order chi connectivity index (χ1) is 17.6. The van der Waals surface area contributed by atoms with Crippen LogP contribution in [0.5, 0.6) is 0 Å². The molecule has 1 aromatic heterocycles. The summed E-state index contributed by atoms with van der Waals surface area (Å²) in [6, 6.07) is 25.9. The molecule has 0 saturated carbocycles. The van der Waals surface area contributed by atoms with Gasteiger partial charge in [-0.2, -0.15) is 17.9 Å². The fourth-order valence-corrected chi connectivity index (χ4v) is 5.26. The van der Waals surface area contributed by atoms with Gasteiger partial charge in [-0.25, -0.2) is 8.42 Å². The van der Waals surface area contributed by atoms with E-state index in [4.69, 9.17) is 0 Å². The number of hydrogen-bond acceptors (Lipinski definition) is 3. The highest BCUT2D eigenvalue weighted by molar-refractivity contribution is 7.92. The molecule has 4 aromatic rings. The molecule has 0 saturated heterocycles. The lowest BCUT2D eigenvalue weighted by Gasteiger charge is -2.35. The van der Waals surface area contributed by atoms with Crippen LogP contribution >= 0.6 is 0 Å².